The van der Waals surface area contributed by atoms with Crippen LogP contribution in [0.25, 0.3) is 0 Å². The zero-order valence-electron chi connectivity index (χ0n) is 12.4. The minimum Gasteiger partial charge on any atom is -0.493 e. The molecule has 9 heteroatoms. The van der Waals surface area contributed by atoms with E-state index in [4.69, 9.17) is 15.0 Å². The van der Waals surface area contributed by atoms with E-state index in [1.54, 1.807) is 13.8 Å². The van der Waals surface area contributed by atoms with Crippen LogP contribution in [0.4, 0.5) is 10.1 Å². The van der Waals surface area contributed by atoms with E-state index in [1.807, 2.05) is 0 Å². The molecule has 0 saturated heterocycles. The van der Waals surface area contributed by atoms with Gasteiger partial charge in [0.1, 0.15) is 5.75 Å². The number of hydrogen-bond donors (Lipinski definition) is 1. The first kappa shape index (κ1) is 18.4. The molecule has 0 fully saturated rings. The lowest BCUT2D eigenvalue weighted by Crippen LogP contribution is -2.33. The Morgan fingerprint density at radius 2 is 2.18 bits per heavy atom. The molecule has 0 bridgehead atoms. The summed E-state index contributed by atoms with van der Waals surface area (Å²) in [5.74, 6) is -1.06. The zero-order valence-corrected chi connectivity index (χ0v) is 13.3. The van der Waals surface area contributed by atoms with Crippen LogP contribution in [0.15, 0.2) is 18.2 Å². The molecule has 0 aliphatic heterocycles. The van der Waals surface area contributed by atoms with Crippen molar-refractivity contribution in [2.45, 2.75) is 19.9 Å². The molecule has 3 unspecified atom stereocenters. The minimum absolute atomic E-state index is 0.114. The number of nitrogens with zero attached hydrogens (tertiary/aromatic N) is 1. The number of benzene rings is 1. The smallest absolute Gasteiger partial charge is 0.493 e. The molecule has 0 saturated carbocycles. The Morgan fingerprint density at radius 1 is 1.50 bits per heavy atom. The molecular weight excluding hydrogens is 314 g/mol. The molecule has 22 heavy (non-hydrogen) atoms. The molecule has 0 radical (unpaired) electrons. The second-order valence-electron chi connectivity index (χ2n) is 4.73. The molecule has 1 aromatic rings. The van der Waals surface area contributed by atoms with E-state index < -0.39 is 24.5 Å². The van der Waals surface area contributed by atoms with Gasteiger partial charge in [0.2, 0.25) is 5.82 Å². The van der Waals surface area contributed by atoms with E-state index in [-0.39, 0.29) is 30.5 Å². The third kappa shape index (κ3) is 5.63. The van der Waals surface area contributed by atoms with E-state index in [2.05, 4.69) is 0 Å². The van der Waals surface area contributed by atoms with Crippen molar-refractivity contribution in [1.82, 2.24) is 0 Å². The van der Waals surface area contributed by atoms with Gasteiger partial charge in [-0.2, -0.15) is 4.39 Å². The maximum absolute atomic E-state index is 13.5. The zero-order chi connectivity index (χ0) is 16.7. The van der Waals surface area contributed by atoms with Gasteiger partial charge in [0, 0.05) is 18.2 Å². The van der Waals surface area contributed by atoms with Crippen molar-refractivity contribution >= 4 is 13.7 Å². The highest BCUT2D eigenvalue weighted by atomic mass is 31.1. The third-order valence-electron chi connectivity index (χ3n) is 2.98. The average Bonchev–Trinajstić information content (AvgIpc) is 2.43. The maximum atomic E-state index is 13.5. The summed E-state index contributed by atoms with van der Waals surface area (Å²) in [6.45, 7) is 3.95. The van der Waals surface area contributed by atoms with E-state index in [1.165, 1.54) is 6.07 Å². The van der Waals surface area contributed by atoms with Gasteiger partial charge in [-0.1, -0.05) is 0 Å². The first-order chi connectivity index (χ1) is 10.3. The topological polar surface area (TPSA) is 105 Å². The molecule has 3 atom stereocenters. The third-order valence-corrected chi connectivity index (χ3v) is 4.29. The fraction of sp³-hybridized carbons (Fsp3) is 0.538. The van der Waals surface area contributed by atoms with Gasteiger partial charge in [-0.25, -0.2) is 0 Å². The number of nitro benzene ring substituents is 1. The second-order valence-corrected chi connectivity index (χ2v) is 6.02. The summed E-state index contributed by atoms with van der Waals surface area (Å²) >= 11 is 0. The van der Waals surface area contributed by atoms with Crippen LogP contribution in [0.5, 0.6) is 5.75 Å². The normalized spacial score (nSPS) is 14.3. The van der Waals surface area contributed by atoms with E-state index in [0.29, 0.717) is 6.61 Å². The Bertz CT molecular complexity index is 541. The number of hydrogen-bond acceptors (Lipinski definition) is 6. The lowest BCUT2D eigenvalue weighted by Gasteiger charge is -2.16. The van der Waals surface area contributed by atoms with Gasteiger partial charge >= 0.3 is 13.7 Å². The quantitative estimate of drug-likeness (QED) is 0.423. The highest BCUT2D eigenvalue weighted by Gasteiger charge is 2.28. The summed E-state index contributed by atoms with van der Waals surface area (Å²) in [7, 11) is -1.83. The molecule has 7 nitrogen and oxygen atoms in total. The molecule has 1 aromatic carbocycles. The summed E-state index contributed by atoms with van der Waals surface area (Å²) in [6.07, 6.45) is 0.232. The predicted octanol–water partition coefficient (Wildman–Crippen LogP) is 2.86. The van der Waals surface area contributed by atoms with Crippen LogP contribution in [-0.4, -0.2) is 30.3 Å². The molecule has 2 N–H and O–H groups in total. The van der Waals surface area contributed by atoms with Crippen LogP contribution in [0.2, 0.25) is 0 Å². The fourth-order valence-electron chi connectivity index (χ4n) is 1.69. The lowest BCUT2D eigenvalue weighted by atomic mass is 10.1. The van der Waals surface area contributed by atoms with Crippen molar-refractivity contribution in [3.05, 3.63) is 34.1 Å². The van der Waals surface area contributed by atoms with Crippen LogP contribution >= 0.6 is 8.03 Å². The Kier molecular flexibility index (Phi) is 7.31. The standard InChI is InChI=1S/C13H19FN2O5P/c1-3-21-22(19)8-10(9(2)15)7-20-11-4-5-13(16(17)18)12(14)6-11/h4-6,9-10H,3,7-8,15H2,1-2H3/q+1. The molecule has 122 valence electrons. The summed E-state index contributed by atoms with van der Waals surface area (Å²) in [5, 5.41) is 10.5. The van der Waals surface area contributed by atoms with Gasteiger partial charge in [0.15, 0.2) is 6.16 Å². The number of ether oxygens (including phenoxy) is 1. The van der Waals surface area contributed by atoms with E-state index in [0.717, 1.165) is 12.1 Å². The lowest BCUT2D eigenvalue weighted by molar-refractivity contribution is -0.387. The van der Waals surface area contributed by atoms with Crippen LogP contribution in [0, 0.1) is 21.8 Å². The van der Waals surface area contributed by atoms with Crippen molar-refractivity contribution in [3.8, 4) is 5.75 Å². The monoisotopic (exact) mass is 333 g/mol. The largest absolute Gasteiger partial charge is 0.508 e. The van der Waals surface area contributed by atoms with Crippen LogP contribution in [0.1, 0.15) is 13.8 Å². The number of rotatable bonds is 9. The Balaban J connectivity index is 2.67. The molecule has 0 aliphatic carbocycles. The molecule has 0 amide bonds. The Hall–Kier alpha value is -1.63. The predicted molar refractivity (Wildman–Crippen MR) is 79.8 cm³/mol. The van der Waals surface area contributed by atoms with Crippen LogP contribution in [-0.2, 0) is 9.09 Å². The fourth-order valence-corrected chi connectivity index (χ4v) is 2.90. The van der Waals surface area contributed by atoms with E-state index in [9.17, 15) is 19.1 Å². The highest BCUT2D eigenvalue weighted by molar-refractivity contribution is 7.39. The Labute approximate surface area is 128 Å². The molecule has 1 rings (SSSR count). The first-order valence-electron chi connectivity index (χ1n) is 6.75. The van der Waals surface area contributed by atoms with Crippen molar-refractivity contribution < 1.29 is 23.1 Å². The van der Waals surface area contributed by atoms with Gasteiger partial charge in [-0.05, 0) is 24.5 Å². The number of nitrogens with two attached hydrogens (primary N) is 1. The molecule has 0 spiro atoms. The molecule has 0 aromatic heterocycles. The van der Waals surface area contributed by atoms with Crippen molar-refractivity contribution in [2.24, 2.45) is 11.7 Å². The molecular formula is C13H19FN2O5P+. The minimum atomic E-state index is -1.83. The molecule has 0 aliphatic rings. The first-order valence-corrected chi connectivity index (χ1v) is 8.11. The second kappa shape index (κ2) is 8.73. The average molecular weight is 333 g/mol. The van der Waals surface area contributed by atoms with Gasteiger partial charge in [-0.3, -0.25) is 10.1 Å². The van der Waals surface area contributed by atoms with Crippen LogP contribution in [0.3, 0.4) is 0 Å². The summed E-state index contributed by atoms with van der Waals surface area (Å²) in [5.41, 5.74) is 5.20. The SMILES string of the molecule is CCO[P+](=O)CC(COc1ccc([N+](=O)[O-])c(F)c1)C(C)N. The summed E-state index contributed by atoms with van der Waals surface area (Å²) in [6, 6.07) is 3.00. The number of nitro groups is 1. The molecule has 0 heterocycles. The van der Waals surface area contributed by atoms with Gasteiger partial charge in [0.25, 0.3) is 0 Å². The van der Waals surface area contributed by atoms with Crippen LogP contribution < -0.4 is 10.5 Å². The van der Waals surface area contributed by atoms with E-state index >= 15 is 0 Å². The van der Waals surface area contributed by atoms with Crippen molar-refractivity contribution in [3.63, 3.8) is 0 Å². The summed E-state index contributed by atoms with van der Waals surface area (Å²) < 4.78 is 35.5. The van der Waals surface area contributed by atoms with Gasteiger partial charge in [-0.15, -0.1) is 4.52 Å². The van der Waals surface area contributed by atoms with Crippen molar-refractivity contribution in [2.75, 3.05) is 19.4 Å². The summed E-state index contributed by atoms with van der Waals surface area (Å²) in [4.78, 5) is 9.72. The maximum Gasteiger partial charge on any atom is 0.508 e. The highest BCUT2D eigenvalue weighted by Crippen LogP contribution is 2.28. The number of halogens is 1. The van der Waals surface area contributed by atoms with Gasteiger partial charge < -0.3 is 10.5 Å². The van der Waals surface area contributed by atoms with Crippen molar-refractivity contribution in [1.29, 1.82) is 0 Å². The van der Waals surface area contributed by atoms with Gasteiger partial charge in [0.05, 0.1) is 24.1 Å². The Morgan fingerprint density at radius 3 is 2.68 bits per heavy atom.